The maximum Gasteiger partial charge on any atom is 0.407 e. The van der Waals surface area contributed by atoms with Gasteiger partial charge in [-0.25, -0.2) is 9.59 Å². The Hall–Kier alpha value is -3.48. The van der Waals surface area contributed by atoms with Gasteiger partial charge in [0, 0.05) is 6.54 Å². The molecule has 27 heavy (non-hydrogen) atoms. The van der Waals surface area contributed by atoms with E-state index in [1.165, 1.54) is 20.3 Å². The van der Waals surface area contributed by atoms with Crippen LogP contribution in [0.1, 0.15) is 21.5 Å². The second-order valence-electron chi connectivity index (χ2n) is 5.44. The number of carboxylic acid groups (broad SMARTS) is 1. The molecule has 7 heteroatoms. The number of ether oxygens (including phenoxy) is 3. The monoisotopic (exact) mass is 371 g/mol. The number of alkyl carbamates (subject to hydrolysis) is 1. The Balaban J connectivity index is 1.95. The lowest BCUT2D eigenvalue weighted by Gasteiger charge is -2.11. The minimum atomic E-state index is -1.09. The minimum Gasteiger partial charge on any atom is -0.493 e. The van der Waals surface area contributed by atoms with Gasteiger partial charge in [0.15, 0.2) is 11.5 Å². The average Bonchev–Trinajstić information content (AvgIpc) is 2.69. The van der Waals surface area contributed by atoms with Crippen LogP contribution in [0.3, 0.4) is 0 Å². The number of carbonyl (C=O) groups is 2. The van der Waals surface area contributed by atoms with Crippen molar-refractivity contribution < 1.29 is 28.9 Å². The molecule has 0 fully saturated rings. The first-order chi connectivity index (χ1) is 13.0. The average molecular weight is 371 g/mol. The van der Waals surface area contributed by atoms with Gasteiger partial charge in [-0.2, -0.15) is 0 Å². The number of nitrogens with one attached hydrogen (secondary N) is 1. The molecule has 0 aliphatic rings. The van der Waals surface area contributed by atoms with E-state index >= 15 is 0 Å². The highest BCUT2D eigenvalue weighted by atomic mass is 16.5. The molecule has 1 amide bonds. The molecule has 0 atom stereocenters. The molecule has 0 saturated carbocycles. The highest BCUT2D eigenvalue weighted by molar-refractivity contribution is 5.93. The molecule has 0 heterocycles. The third kappa shape index (κ3) is 5.78. The molecule has 7 nitrogen and oxygen atoms in total. The number of hydrogen-bond donors (Lipinski definition) is 2. The summed E-state index contributed by atoms with van der Waals surface area (Å²) >= 11 is 0. The van der Waals surface area contributed by atoms with Crippen molar-refractivity contribution in [2.75, 3.05) is 20.8 Å². The number of methoxy groups -OCH3 is 2. The summed E-state index contributed by atoms with van der Waals surface area (Å²) in [6.07, 6.45) is 2.65. The summed E-state index contributed by atoms with van der Waals surface area (Å²) in [5.74, 6) is -0.349. The largest absolute Gasteiger partial charge is 0.493 e. The SMILES string of the molecule is COc1cc(C=CCNC(=O)OCc2ccccc2)c(C(=O)O)cc1OC. The molecule has 0 radical (unpaired) electrons. The van der Waals surface area contributed by atoms with E-state index in [-0.39, 0.29) is 18.7 Å². The number of carboxylic acids is 1. The Morgan fingerprint density at radius 1 is 1.07 bits per heavy atom. The molecule has 2 rings (SSSR count). The summed E-state index contributed by atoms with van der Waals surface area (Å²) in [5.41, 5.74) is 1.38. The van der Waals surface area contributed by atoms with Crippen LogP contribution >= 0.6 is 0 Å². The van der Waals surface area contributed by atoms with Crippen molar-refractivity contribution in [1.29, 1.82) is 0 Å². The van der Waals surface area contributed by atoms with Crippen LogP contribution in [0.15, 0.2) is 48.5 Å². The molecule has 0 spiro atoms. The summed E-state index contributed by atoms with van der Waals surface area (Å²) in [6, 6.07) is 12.3. The van der Waals surface area contributed by atoms with Gasteiger partial charge in [0.25, 0.3) is 0 Å². The van der Waals surface area contributed by atoms with E-state index in [0.717, 1.165) is 5.56 Å². The molecule has 0 saturated heterocycles. The highest BCUT2D eigenvalue weighted by Crippen LogP contribution is 2.31. The topological polar surface area (TPSA) is 94.1 Å². The van der Waals surface area contributed by atoms with Gasteiger partial charge in [-0.1, -0.05) is 42.5 Å². The van der Waals surface area contributed by atoms with Crippen LogP contribution in [0.4, 0.5) is 4.79 Å². The molecule has 0 aliphatic carbocycles. The van der Waals surface area contributed by atoms with Crippen LogP contribution in [0, 0.1) is 0 Å². The fraction of sp³-hybridized carbons (Fsp3) is 0.200. The molecule has 142 valence electrons. The second kappa shape index (κ2) is 9.86. The first-order valence-electron chi connectivity index (χ1n) is 8.15. The standard InChI is InChI=1S/C20H21NO6/c1-25-17-11-15(16(19(22)23)12-18(17)26-2)9-6-10-21-20(24)27-13-14-7-4-3-5-8-14/h3-9,11-12H,10,13H2,1-2H3,(H,21,24)(H,22,23). The number of rotatable bonds is 8. The van der Waals surface area contributed by atoms with Crippen LogP contribution in [-0.2, 0) is 11.3 Å². The van der Waals surface area contributed by atoms with E-state index < -0.39 is 12.1 Å². The van der Waals surface area contributed by atoms with Gasteiger partial charge < -0.3 is 24.6 Å². The lowest BCUT2D eigenvalue weighted by molar-refractivity contribution is 0.0696. The minimum absolute atomic E-state index is 0.0653. The van der Waals surface area contributed by atoms with Gasteiger partial charge in [-0.15, -0.1) is 0 Å². The van der Waals surface area contributed by atoms with Crippen molar-refractivity contribution in [1.82, 2.24) is 5.32 Å². The number of amides is 1. The number of carbonyl (C=O) groups excluding carboxylic acids is 1. The van der Waals surface area contributed by atoms with Gasteiger partial charge in [-0.05, 0) is 23.3 Å². The summed E-state index contributed by atoms with van der Waals surface area (Å²) in [7, 11) is 2.90. The Kier molecular flexibility index (Phi) is 7.25. The fourth-order valence-corrected chi connectivity index (χ4v) is 2.32. The number of hydrogen-bond acceptors (Lipinski definition) is 5. The normalized spacial score (nSPS) is 10.4. The molecule has 2 aromatic carbocycles. The molecular formula is C20H21NO6. The Morgan fingerprint density at radius 2 is 1.74 bits per heavy atom. The van der Waals surface area contributed by atoms with Crippen molar-refractivity contribution in [3.63, 3.8) is 0 Å². The summed E-state index contributed by atoms with van der Waals surface area (Å²) in [6.45, 7) is 0.357. The van der Waals surface area contributed by atoms with Crippen molar-refractivity contribution in [3.05, 3.63) is 65.2 Å². The summed E-state index contributed by atoms with van der Waals surface area (Å²) in [4.78, 5) is 23.1. The van der Waals surface area contributed by atoms with Gasteiger partial charge in [0.1, 0.15) is 6.61 Å². The zero-order valence-electron chi connectivity index (χ0n) is 15.1. The van der Waals surface area contributed by atoms with Crippen molar-refractivity contribution >= 4 is 18.1 Å². The van der Waals surface area contributed by atoms with Crippen LogP contribution in [0.5, 0.6) is 11.5 Å². The summed E-state index contributed by atoms with van der Waals surface area (Å²) < 4.78 is 15.4. The molecule has 2 aromatic rings. The van der Waals surface area contributed by atoms with E-state index in [0.29, 0.717) is 17.1 Å². The molecule has 0 aliphatic heterocycles. The quantitative estimate of drug-likeness (QED) is 0.739. The van der Waals surface area contributed by atoms with Gasteiger partial charge >= 0.3 is 12.1 Å². The first-order valence-corrected chi connectivity index (χ1v) is 8.15. The zero-order chi connectivity index (χ0) is 19.6. The van der Waals surface area contributed by atoms with E-state index in [4.69, 9.17) is 14.2 Å². The van der Waals surface area contributed by atoms with Crippen molar-refractivity contribution in [2.45, 2.75) is 6.61 Å². The Morgan fingerprint density at radius 3 is 2.37 bits per heavy atom. The molecule has 0 bridgehead atoms. The van der Waals surface area contributed by atoms with Crippen LogP contribution < -0.4 is 14.8 Å². The Labute approximate surface area is 157 Å². The van der Waals surface area contributed by atoms with E-state index in [9.17, 15) is 14.7 Å². The maximum atomic E-state index is 11.7. The first kappa shape index (κ1) is 19.8. The lowest BCUT2D eigenvalue weighted by Crippen LogP contribution is -2.24. The van der Waals surface area contributed by atoms with Gasteiger partial charge in [0.05, 0.1) is 19.8 Å². The van der Waals surface area contributed by atoms with Gasteiger partial charge in [0.2, 0.25) is 0 Å². The van der Waals surface area contributed by atoms with Crippen LogP contribution in [-0.4, -0.2) is 37.9 Å². The van der Waals surface area contributed by atoms with Crippen LogP contribution in [0.25, 0.3) is 6.08 Å². The third-order valence-electron chi connectivity index (χ3n) is 3.66. The molecule has 0 aromatic heterocycles. The Bertz CT molecular complexity index is 817. The zero-order valence-corrected chi connectivity index (χ0v) is 15.1. The third-order valence-corrected chi connectivity index (χ3v) is 3.66. The lowest BCUT2D eigenvalue weighted by atomic mass is 10.1. The fourth-order valence-electron chi connectivity index (χ4n) is 2.32. The van der Waals surface area contributed by atoms with E-state index in [2.05, 4.69) is 5.32 Å². The van der Waals surface area contributed by atoms with Crippen LogP contribution in [0.2, 0.25) is 0 Å². The maximum absolute atomic E-state index is 11.7. The van der Waals surface area contributed by atoms with Crippen molar-refractivity contribution in [3.8, 4) is 11.5 Å². The predicted molar refractivity (Wildman–Crippen MR) is 100 cm³/mol. The van der Waals surface area contributed by atoms with E-state index in [1.807, 2.05) is 30.3 Å². The van der Waals surface area contributed by atoms with E-state index in [1.54, 1.807) is 18.2 Å². The highest BCUT2D eigenvalue weighted by Gasteiger charge is 2.14. The summed E-state index contributed by atoms with van der Waals surface area (Å²) in [5, 5.41) is 11.9. The molecule has 2 N–H and O–H groups in total. The number of aromatic carboxylic acids is 1. The number of benzene rings is 2. The predicted octanol–water partition coefficient (Wildman–Crippen LogP) is 3.34. The smallest absolute Gasteiger partial charge is 0.407 e. The van der Waals surface area contributed by atoms with Gasteiger partial charge in [-0.3, -0.25) is 0 Å². The second-order valence-corrected chi connectivity index (χ2v) is 5.44. The molecule has 0 unspecified atom stereocenters. The molecular weight excluding hydrogens is 350 g/mol. The van der Waals surface area contributed by atoms with Crippen molar-refractivity contribution in [2.24, 2.45) is 0 Å².